The van der Waals surface area contributed by atoms with Gasteiger partial charge in [-0.15, -0.1) is 0 Å². The van der Waals surface area contributed by atoms with E-state index < -0.39 is 0 Å². The molecule has 1 saturated carbocycles. The van der Waals surface area contributed by atoms with Crippen molar-refractivity contribution in [1.29, 1.82) is 0 Å². The second kappa shape index (κ2) is 5.82. The van der Waals surface area contributed by atoms with Crippen molar-refractivity contribution in [3.8, 4) is 0 Å². The number of nitrogens with zero attached hydrogens (tertiary/aromatic N) is 1. The fraction of sp³-hybridized carbons (Fsp3) is 0.938. The zero-order chi connectivity index (χ0) is 13.2. The topological polar surface area (TPSA) is 32.3 Å². The largest absolute Gasteiger partial charge is 0.341 e. The fourth-order valence-corrected chi connectivity index (χ4v) is 4.22. The molecule has 3 fully saturated rings. The van der Waals surface area contributed by atoms with Gasteiger partial charge in [0.15, 0.2) is 0 Å². The molecule has 3 rings (SSSR count). The molecule has 0 aromatic heterocycles. The van der Waals surface area contributed by atoms with Crippen LogP contribution in [0.5, 0.6) is 0 Å². The van der Waals surface area contributed by atoms with Gasteiger partial charge >= 0.3 is 0 Å². The van der Waals surface area contributed by atoms with Crippen molar-refractivity contribution >= 4 is 5.91 Å². The van der Waals surface area contributed by atoms with Crippen molar-refractivity contribution < 1.29 is 4.79 Å². The number of amides is 1. The highest BCUT2D eigenvalue weighted by Crippen LogP contribution is 2.32. The molecule has 2 aliphatic heterocycles. The van der Waals surface area contributed by atoms with Gasteiger partial charge in [0, 0.05) is 31.1 Å². The first kappa shape index (κ1) is 13.4. The van der Waals surface area contributed by atoms with Gasteiger partial charge in [-0.1, -0.05) is 13.3 Å². The van der Waals surface area contributed by atoms with Crippen LogP contribution in [0.1, 0.15) is 58.3 Å². The highest BCUT2D eigenvalue weighted by atomic mass is 16.2. The van der Waals surface area contributed by atoms with Gasteiger partial charge in [-0.25, -0.2) is 0 Å². The summed E-state index contributed by atoms with van der Waals surface area (Å²) in [5, 5.41) is 3.66. The first-order valence-electron chi connectivity index (χ1n) is 8.31. The van der Waals surface area contributed by atoms with Crippen molar-refractivity contribution in [1.82, 2.24) is 10.2 Å². The van der Waals surface area contributed by atoms with Gasteiger partial charge in [0.25, 0.3) is 0 Å². The molecule has 2 saturated heterocycles. The van der Waals surface area contributed by atoms with Crippen LogP contribution in [0, 0.1) is 11.8 Å². The summed E-state index contributed by atoms with van der Waals surface area (Å²) in [6.07, 6.45) is 9.83. The van der Waals surface area contributed by atoms with Gasteiger partial charge < -0.3 is 10.2 Å². The first-order valence-corrected chi connectivity index (χ1v) is 8.31. The van der Waals surface area contributed by atoms with E-state index in [0.717, 1.165) is 38.3 Å². The van der Waals surface area contributed by atoms with Crippen LogP contribution in [0.4, 0.5) is 0 Å². The highest BCUT2D eigenvalue weighted by molar-refractivity contribution is 5.79. The van der Waals surface area contributed by atoms with E-state index in [-0.39, 0.29) is 0 Å². The minimum absolute atomic E-state index is 0.333. The Balaban J connectivity index is 1.55. The van der Waals surface area contributed by atoms with Crippen LogP contribution in [0.3, 0.4) is 0 Å². The summed E-state index contributed by atoms with van der Waals surface area (Å²) in [5.74, 6) is 1.68. The second-order valence-electron chi connectivity index (χ2n) is 6.84. The maximum atomic E-state index is 12.7. The number of rotatable bonds is 2. The summed E-state index contributed by atoms with van der Waals surface area (Å²) >= 11 is 0. The van der Waals surface area contributed by atoms with E-state index >= 15 is 0 Å². The Morgan fingerprint density at radius 1 is 1.05 bits per heavy atom. The molecule has 108 valence electrons. The van der Waals surface area contributed by atoms with Crippen molar-refractivity contribution in [3.05, 3.63) is 0 Å². The second-order valence-corrected chi connectivity index (χ2v) is 6.84. The maximum Gasteiger partial charge on any atom is 0.225 e. The molecule has 3 aliphatic rings. The van der Waals surface area contributed by atoms with E-state index in [9.17, 15) is 4.79 Å². The molecule has 2 heterocycles. The van der Waals surface area contributed by atoms with Crippen LogP contribution in [-0.4, -0.2) is 36.0 Å². The molecule has 19 heavy (non-hydrogen) atoms. The smallest absolute Gasteiger partial charge is 0.225 e. The summed E-state index contributed by atoms with van der Waals surface area (Å²) in [5.41, 5.74) is 0. The van der Waals surface area contributed by atoms with E-state index in [2.05, 4.69) is 17.1 Å². The number of carbonyl (C=O) groups excluding carboxylic acids is 1. The fourth-order valence-electron chi connectivity index (χ4n) is 4.22. The van der Waals surface area contributed by atoms with Crippen molar-refractivity contribution in [2.45, 2.75) is 70.4 Å². The number of likely N-dealkylation sites (tertiary alicyclic amines) is 1. The Labute approximate surface area is 117 Å². The molecule has 3 heteroatoms. The quantitative estimate of drug-likeness (QED) is 0.831. The van der Waals surface area contributed by atoms with Crippen LogP contribution in [-0.2, 0) is 4.79 Å². The van der Waals surface area contributed by atoms with Gasteiger partial charge in [0.1, 0.15) is 0 Å². The van der Waals surface area contributed by atoms with Gasteiger partial charge in [-0.3, -0.25) is 4.79 Å². The average Bonchev–Trinajstić information content (AvgIpc) is 2.78. The lowest BCUT2D eigenvalue weighted by molar-refractivity contribution is -0.137. The van der Waals surface area contributed by atoms with Crippen LogP contribution in [0.25, 0.3) is 0 Å². The minimum Gasteiger partial charge on any atom is -0.341 e. The molecule has 1 N–H and O–H groups in total. The van der Waals surface area contributed by atoms with Gasteiger partial charge in [0.2, 0.25) is 5.91 Å². The Morgan fingerprint density at radius 3 is 2.53 bits per heavy atom. The summed E-state index contributed by atoms with van der Waals surface area (Å²) in [6, 6.07) is 1.25. The van der Waals surface area contributed by atoms with E-state index in [0.29, 0.717) is 23.9 Å². The highest BCUT2D eigenvalue weighted by Gasteiger charge is 2.34. The lowest BCUT2D eigenvalue weighted by atomic mass is 9.80. The van der Waals surface area contributed by atoms with Crippen molar-refractivity contribution in [2.75, 3.05) is 13.1 Å². The predicted molar refractivity (Wildman–Crippen MR) is 76.9 cm³/mol. The molecule has 0 aromatic rings. The van der Waals surface area contributed by atoms with Crippen LogP contribution in [0.15, 0.2) is 0 Å². The molecule has 2 atom stereocenters. The van der Waals surface area contributed by atoms with Crippen LogP contribution >= 0.6 is 0 Å². The summed E-state index contributed by atoms with van der Waals surface area (Å²) < 4.78 is 0. The zero-order valence-corrected chi connectivity index (χ0v) is 12.2. The molecule has 0 aromatic carbocycles. The van der Waals surface area contributed by atoms with Crippen molar-refractivity contribution in [2.24, 2.45) is 11.8 Å². The molecule has 3 nitrogen and oxygen atoms in total. The SMILES string of the molecule is CCC1CCC(C(=O)N2CCC3CCC(C2)N3)CC1. The number of hydrogen-bond donors (Lipinski definition) is 1. The lowest BCUT2D eigenvalue weighted by Gasteiger charge is -2.32. The molecule has 1 amide bonds. The maximum absolute atomic E-state index is 12.7. The van der Waals surface area contributed by atoms with Crippen molar-refractivity contribution in [3.63, 3.8) is 0 Å². The number of carbonyl (C=O) groups is 1. The lowest BCUT2D eigenvalue weighted by Crippen LogP contribution is -2.42. The third-order valence-corrected chi connectivity index (χ3v) is 5.61. The normalized spacial score (nSPS) is 39.1. The van der Waals surface area contributed by atoms with Gasteiger partial charge in [-0.2, -0.15) is 0 Å². The Kier molecular flexibility index (Phi) is 4.11. The Hall–Kier alpha value is -0.570. The third-order valence-electron chi connectivity index (χ3n) is 5.61. The average molecular weight is 264 g/mol. The molecule has 2 unspecified atom stereocenters. The van der Waals surface area contributed by atoms with Gasteiger partial charge in [0.05, 0.1) is 0 Å². The van der Waals surface area contributed by atoms with Crippen LogP contribution < -0.4 is 5.32 Å². The molecule has 1 aliphatic carbocycles. The van der Waals surface area contributed by atoms with E-state index in [1.807, 2.05) is 0 Å². The monoisotopic (exact) mass is 264 g/mol. The zero-order valence-electron chi connectivity index (χ0n) is 12.2. The summed E-state index contributed by atoms with van der Waals surface area (Å²) in [4.78, 5) is 14.8. The number of nitrogens with one attached hydrogen (secondary N) is 1. The molecule has 0 radical (unpaired) electrons. The Morgan fingerprint density at radius 2 is 1.79 bits per heavy atom. The van der Waals surface area contributed by atoms with Gasteiger partial charge in [-0.05, 0) is 50.9 Å². The predicted octanol–water partition coefficient (Wildman–Crippen LogP) is 2.56. The standard InChI is InChI=1S/C16H28N2O/c1-2-12-3-5-13(6-4-12)16(19)18-10-9-14-7-8-15(11-18)17-14/h12-15,17H,2-11H2,1H3. The van der Waals surface area contributed by atoms with E-state index in [1.54, 1.807) is 0 Å². The number of hydrogen-bond acceptors (Lipinski definition) is 2. The van der Waals surface area contributed by atoms with Crippen LogP contribution in [0.2, 0.25) is 0 Å². The summed E-state index contributed by atoms with van der Waals surface area (Å²) in [7, 11) is 0. The van der Waals surface area contributed by atoms with E-state index in [1.165, 1.54) is 32.1 Å². The molecule has 0 spiro atoms. The van der Waals surface area contributed by atoms with E-state index in [4.69, 9.17) is 0 Å². The summed E-state index contributed by atoms with van der Waals surface area (Å²) in [6.45, 7) is 4.23. The molecular formula is C16H28N2O. The first-order chi connectivity index (χ1) is 9.26. The Bertz CT molecular complexity index is 323. The minimum atomic E-state index is 0.333. The number of fused-ring (bicyclic) bond motifs is 2. The molecule has 2 bridgehead atoms. The molecular weight excluding hydrogens is 236 g/mol. The third kappa shape index (κ3) is 2.96.